The number of hydrogen-bond donors (Lipinski definition) is 1. The third-order valence-electron chi connectivity index (χ3n) is 6.25. The van der Waals surface area contributed by atoms with Crippen molar-refractivity contribution in [2.24, 2.45) is 11.3 Å². The van der Waals surface area contributed by atoms with E-state index in [1.54, 1.807) is 6.07 Å². The number of nitriles is 1. The first-order valence-corrected chi connectivity index (χ1v) is 10.6. The Kier molecular flexibility index (Phi) is 5.95. The molecule has 0 saturated heterocycles. The predicted octanol–water partition coefficient (Wildman–Crippen LogP) is 4.09. The Balaban J connectivity index is 1.50. The van der Waals surface area contributed by atoms with Crippen LogP contribution in [-0.4, -0.2) is 44.4 Å². The van der Waals surface area contributed by atoms with Crippen LogP contribution >= 0.6 is 0 Å². The second-order valence-corrected chi connectivity index (χ2v) is 8.77. The number of rotatable bonds is 6. The van der Waals surface area contributed by atoms with E-state index >= 15 is 0 Å². The van der Waals surface area contributed by atoms with Gasteiger partial charge in [-0.2, -0.15) is 5.26 Å². The lowest BCUT2D eigenvalue weighted by atomic mass is 9.70. The standard InChI is InChI=1S/C23H26N6O3/c1-23(14-28-15-27-18-6-5-16(10-24)8-19(18)28)7-3-4-17(9-23)13-29(22(30)31)20-11-26-21(32-2)12-25-20/h5-6,8,11-12,15,17H,3-4,7,9,13-14H2,1-2H3,(H,30,31). The Morgan fingerprint density at radius 3 is 2.91 bits per heavy atom. The molecule has 2 atom stereocenters. The van der Waals surface area contributed by atoms with Gasteiger partial charge >= 0.3 is 6.09 Å². The van der Waals surface area contributed by atoms with Crippen LogP contribution in [0.25, 0.3) is 11.0 Å². The van der Waals surface area contributed by atoms with E-state index < -0.39 is 6.09 Å². The lowest BCUT2D eigenvalue weighted by Gasteiger charge is -2.39. The maximum atomic E-state index is 11.9. The molecule has 1 aliphatic rings. The first-order chi connectivity index (χ1) is 15.4. The fourth-order valence-corrected chi connectivity index (χ4v) is 4.76. The van der Waals surface area contributed by atoms with Gasteiger partial charge in [-0.15, -0.1) is 0 Å². The van der Waals surface area contributed by atoms with Gasteiger partial charge < -0.3 is 14.4 Å². The molecule has 0 bridgehead atoms. The summed E-state index contributed by atoms with van der Waals surface area (Å²) in [6.07, 6.45) is 7.58. The lowest BCUT2D eigenvalue weighted by molar-refractivity contribution is 0.136. The monoisotopic (exact) mass is 434 g/mol. The number of aromatic nitrogens is 4. The minimum Gasteiger partial charge on any atom is -0.480 e. The zero-order valence-electron chi connectivity index (χ0n) is 18.2. The molecule has 2 heterocycles. The highest BCUT2D eigenvalue weighted by Crippen LogP contribution is 2.41. The molecule has 1 aliphatic carbocycles. The van der Waals surface area contributed by atoms with Gasteiger partial charge in [0, 0.05) is 13.1 Å². The third-order valence-corrected chi connectivity index (χ3v) is 6.25. The van der Waals surface area contributed by atoms with Crippen molar-refractivity contribution in [1.29, 1.82) is 5.26 Å². The molecule has 0 radical (unpaired) electrons. The number of methoxy groups -OCH3 is 1. The van der Waals surface area contributed by atoms with Gasteiger partial charge in [0.15, 0.2) is 5.82 Å². The van der Waals surface area contributed by atoms with Crippen LogP contribution in [0.15, 0.2) is 36.9 Å². The molecule has 1 saturated carbocycles. The molecule has 0 spiro atoms. The van der Waals surface area contributed by atoms with Gasteiger partial charge in [0.25, 0.3) is 0 Å². The van der Waals surface area contributed by atoms with E-state index in [0.717, 1.165) is 43.3 Å². The van der Waals surface area contributed by atoms with Gasteiger partial charge in [0.2, 0.25) is 5.88 Å². The number of benzene rings is 1. The van der Waals surface area contributed by atoms with Crippen molar-refractivity contribution in [1.82, 2.24) is 19.5 Å². The highest BCUT2D eigenvalue weighted by Gasteiger charge is 2.35. The summed E-state index contributed by atoms with van der Waals surface area (Å²) in [6.45, 7) is 3.39. The summed E-state index contributed by atoms with van der Waals surface area (Å²) in [6, 6.07) is 7.72. The van der Waals surface area contributed by atoms with E-state index in [2.05, 4.69) is 32.5 Å². The normalized spacial score (nSPS) is 20.6. The smallest absolute Gasteiger partial charge is 0.413 e. The summed E-state index contributed by atoms with van der Waals surface area (Å²) in [5.41, 5.74) is 2.43. The topological polar surface area (TPSA) is 117 Å². The van der Waals surface area contributed by atoms with Gasteiger partial charge in [-0.3, -0.25) is 4.90 Å². The van der Waals surface area contributed by atoms with E-state index in [4.69, 9.17) is 4.74 Å². The molecule has 1 fully saturated rings. The van der Waals surface area contributed by atoms with Crippen molar-refractivity contribution in [3.63, 3.8) is 0 Å². The summed E-state index contributed by atoms with van der Waals surface area (Å²) < 4.78 is 7.13. The van der Waals surface area contributed by atoms with E-state index in [1.807, 2.05) is 18.5 Å². The van der Waals surface area contributed by atoms with Crippen LogP contribution in [0.5, 0.6) is 5.88 Å². The van der Waals surface area contributed by atoms with E-state index in [-0.39, 0.29) is 11.3 Å². The minimum absolute atomic E-state index is 0.00501. The number of nitrogens with zero attached hydrogens (tertiary/aromatic N) is 6. The average Bonchev–Trinajstić information content (AvgIpc) is 3.18. The Labute approximate surface area is 186 Å². The first kappa shape index (κ1) is 21.6. The first-order valence-electron chi connectivity index (χ1n) is 10.6. The second-order valence-electron chi connectivity index (χ2n) is 8.77. The molecule has 1 amide bonds. The zero-order valence-corrected chi connectivity index (χ0v) is 18.2. The molecule has 32 heavy (non-hydrogen) atoms. The van der Waals surface area contributed by atoms with Crippen molar-refractivity contribution in [2.75, 3.05) is 18.6 Å². The highest BCUT2D eigenvalue weighted by atomic mass is 16.5. The molecular formula is C23H26N6O3. The molecule has 1 N–H and O–H groups in total. The number of hydrogen-bond acceptors (Lipinski definition) is 6. The largest absolute Gasteiger partial charge is 0.480 e. The number of ether oxygens (including phenoxy) is 1. The number of amides is 1. The van der Waals surface area contributed by atoms with Crippen LogP contribution in [0.2, 0.25) is 0 Å². The van der Waals surface area contributed by atoms with Gasteiger partial charge in [-0.1, -0.05) is 13.3 Å². The van der Waals surface area contributed by atoms with Crippen molar-refractivity contribution in [3.8, 4) is 11.9 Å². The Morgan fingerprint density at radius 1 is 1.38 bits per heavy atom. The maximum absolute atomic E-state index is 11.9. The number of fused-ring (bicyclic) bond motifs is 1. The Morgan fingerprint density at radius 2 is 2.22 bits per heavy atom. The van der Waals surface area contributed by atoms with Crippen molar-refractivity contribution in [2.45, 2.75) is 39.2 Å². The van der Waals surface area contributed by atoms with Crippen molar-refractivity contribution < 1.29 is 14.6 Å². The quantitative estimate of drug-likeness (QED) is 0.621. The summed E-state index contributed by atoms with van der Waals surface area (Å²) in [5.74, 6) is 0.852. The summed E-state index contributed by atoms with van der Waals surface area (Å²) in [7, 11) is 1.49. The SMILES string of the molecule is COc1cnc(N(CC2CCCC(C)(Cn3cnc4ccc(C#N)cc43)C2)C(=O)O)cn1. The number of anilines is 1. The van der Waals surface area contributed by atoms with E-state index in [9.17, 15) is 15.2 Å². The fraction of sp³-hybridized carbons (Fsp3) is 0.435. The maximum Gasteiger partial charge on any atom is 0.413 e. The molecule has 166 valence electrons. The molecular weight excluding hydrogens is 408 g/mol. The molecule has 9 heteroatoms. The lowest BCUT2D eigenvalue weighted by Crippen LogP contribution is -2.39. The van der Waals surface area contributed by atoms with Crippen LogP contribution < -0.4 is 9.64 Å². The number of imidazole rings is 1. The minimum atomic E-state index is -1.04. The molecule has 3 aromatic rings. The van der Waals surface area contributed by atoms with E-state index in [0.29, 0.717) is 23.8 Å². The number of carbonyl (C=O) groups is 1. The van der Waals surface area contributed by atoms with Crippen LogP contribution in [0.1, 0.15) is 38.2 Å². The molecule has 0 aliphatic heterocycles. The van der Waals surface area contributed by atoms with Crippen LogP contribution in [-0.2, 0) is 6.54 Å². The van der Waals surface area contributed by atoms with Crippen molar-refractivity contribution >= 4 is 22.9 Å². The predicted molar refractivity (Wildman–Crippen MR) is 118 cm³/mol. The summed E-state index contributed by atoms with van der Waals surface area (Å²) in [5, 5.41) is 19.0. The Hall–Kier alpha value is -3.67. The molecule has 4 rings (SSSR count). The van der Waals surface area contributed by atoms with Gasteiger partial charge in [-0.05, 0) is 48.8 Å². The van der Waals surface area contributed by atoms with Crippen LogP contribution in [0, 0.1) is 22.7 Å². The van der Waals surface area contributed by atoms with Gasteiger partial charge in [-0.25, -0.2) is 19.7 Å². The van der Waals surface area contributed by atoms with Crippen LogP contribution in [0.3, 0.4) is 0 Å². The summed E-state index contributed by atoms with van der Waals surface area (Å²) in [4.78, 5) is 26.0. The second kappa shape index (κ2) is 8.83. The van der Waals surface area contributed by atoms with Gasteiger partial charge in [0.05, 0.1) is 48.5 Å². The molecule has 2 aromatic heterocycles. The zero-order chi connectivity index (χ0) is 22.7. The Bertz CT molecular complexity index is 1150. The highest BCUT2D eigenvalue weighted by molar-refractivity contribution is 5.84. The van der Waals surface area contributed by atoms with Crippen molar-refractivity contribution in [3.05, 3.63) is 42.5 Å². The molecule has 9 nitrogen and oxygen atoms in total. The van der Waals surface area contributed by atoms with Crippen LogP contribution in [0.4, 0.5) is 10.6 Å². The number of carboxylic acid groups (broad SMARTS) is 1. The fourth-order valence-electron chi connectivity index (χ4n) is 4.76. The molecule has 2 unspecified atom stereocenters. The summed E-state index contributed by atoms with van der Waals surface area (Å²) >= 11 is 0. The molecule has 1 aromatic carbocycles. The van der Waals surface area contributed by atoms with E-state index in [1.165, 1.54) is 24.4 Å². The van der Waals surface area contributed by atoms with Gasteiger partial charge in [0.1, 0.15) is 0 Å². The third kappa shape index (κ3) is 4.49. The average molecular weight is 435 g/mol.